The molecule has 0 spiro atoms. The first-order valence-corrected chi connectivity index (χ1v) is 13.2. The molecule has 0 aromatic carbocycles. The van der Waals surface area contributed by atoms with Gasteiger partial charge in [0.1, 0.15) is 0 Å². The van der Waals surface area contributed by atoms with E-state index in [-0.39, 0.29) is 35.8 Å². The number of carbonyl (C=O) groups is 2. The van der Waals surface area contributed by atoms with Gasteiger partial charge in [-0.1, -0.05) is 20.8 Å². The number of aliphatic hydroxyl groups is 2. The van der Waals surface area contributed by atoms with E-state index in [0.717, 1.165) is 6.42 Å². The first-order valence-electron chi connectivity index (χ1n) is 13.2. The fourth-order valence-electron chi connectivity index (χ4n) is 6.48. The lowest BCUT2D eigenvalue weighted by molar-refractivity contribution is -0.328. The molecule has 0 aliphatic carbocycles. The summed E-state index contributed by atoms with van der Waals surface area (Å²) in [5.41, 5.74) is -1.24. The van der Waals surface area contributed by atoms with Crippen LogP contribution >= 0.6 is 0 Å². The van der Waals surface area contributed by atoms with Crippen LogP contribution in [0.5, 0.6) is 0 Å². The van der Waals surface area contributed by atoms with Crippen LogP contribution < -0.4 is 5.32 Å². The SMILES string of the molecule is C[C@H]1CN(C)C(=O)CCCNC(=O)[C@H](C)[C@@H](O)[C@H](C)[C@H]2O[C@@H]3O[C@H](C)C[C@H](N(C)C)[C@H]3C[C@@]2(O)C1. The lowest BCUT2D eigenvalue weighted by atomic mass is 9.69. The third-order valence-corrected chi connectivity index (χ3v) is 8.37. The summed E-state index contributed by atoms with van der Waals surface area (Å²) in [5.74, 6) is -1.44. The van der Waals surface area contributed by atoms with Crippen LogP contribution in [0.1, 0.15) is 59.8 Å². The second kappa shape index (κ2) is 11.4. The van der Waals surface area contributed by atoms with Crippen LogP contribution in [0, 0.1) is 23.7 Å². The van der Waals surface area contributed by atoms with Crippen LogP contribution in [-0.2, 0) is 19.1 Å². The molecule has 9 heteroatoms. The van der Waals surface area contributed by atoms with Crippen LogP contribution in [0.25, 0.3) is 0 Å². The standard InChI is InChI=1S/C26H47N3O6/c1-15-12-26(33)13-19-20(28(5)6)11-16(2)34-25(19)35-23(26)17(3)22(31)18(4)24(32)27-10-8-9-21(30)29(7)14-15/h15-20,22-23,25,31,33H,8-14H2,1-7H3,(H,27,32)/t15-,16-,17+,18-,19-,20+,22+,23-,25+,26+/m1/s1. The highest BCUT2D eigenvalue weighted by atomic mass is 16.7. The largest absolute Gasteiger partial charge is 0.392 e. The Bertz CT molecular complexity index is 751. The van der Waals surface area contributed by atoms with Crippen molar-refractivity contribution in [2.45, 2.75) is 96.0 Å². The monoisotopic (exact) mass is 497 g/mol. The highest BCUT2D eigenvalue weighted by Gasteiger charge is 2.56. The van der Waals surface area contributed by atoms with E-state index >= 15 is 0 Å². The minimum atomic E-state index is -1.24. The van der Waals surface area contributed by atoms with Crippen molar-refractivity contribution in [1.82, 2.24) is 15.1 Å². The number of amides is 2. The summed E-state index contributed by atoms with van der Waals surface area (Å²) in [4.78, 5) is 29.2. The third-order valence-electron chi connectivity index (χ3n) is 8.37. The molecular weight excluding hydrogens is 450 g/mol. The van der Waals surface area contributed by atoms with E-state index in [2.05, 4.69) is 10.2 Å². The lowest BCUT2D eigenvalue weighted by Crippen LogP contribution is -2.64. The summed E-state index contributed by atoms with van der Waals surface area (Å²) in [6, 6.07) is 0.190. The van der Waals surface area contributed by atoms with Gasteiger partial charge in [-0.3, -0.25) is 9.59 Å². The zero-order chi connectivity index (χ0) is 26.1. The van der Waals surface area contributed by atoms with Crippen molar-refractivity contribution in [3.05, 3.63) is 0 Å². The lowest BCUT2D eigenvalue weighted by Gasteiger charge is -2.55. The molecule has 3 aliphatic heterocycles. The minimum Gasteiger partial charge on any atom is -0.392 e. The molecule has 3 rings (SSSR count). The highest BCUT2D eigenvalue weighted by molar-refractivity contribution is 5.79. The van der Waals surface area contributed by atoms with Crippen molar-refractivity contribution in [2.24, 2.45) is 23.7 Å². The molecule has 202 valence electrons. The Balaban J connectivity index is 1.95. The van der Waals surface area contributed by atoms with Gasteiger partial charge in [-0.25, -0.2) is 0 Å². The van der Waals surface area contributed by atoms with E-state index in [1.807, 2.05) is 34.9 Å². The van der Waals surface area contributed by atoms with Gasteiger partial charge >= 0.3 is 0 Å². The topological polar surface area (TPSA) is 112 Å². The maximum Gasteiger partial charge on any atom is 0.225 e. The average molecular weight is 498 g/mol. The highest BCUT2D eigenvalue weighted by Crippen LogP contribution is 2.46. The fourth-order valence-corrected chi connectivity index (χ4v) is 6.48. The van der Waals surface area contributed by atoms with E-state index in [4.69, 9.17) is 9.47 Å². The molecule has 0 bridgehead atoms. The molecule has 3 heterocycles. The molecule has 2 amide bonds. The Hall–Kier alpha value is -1.26. The second-order valence-corrected chi connectivity index (χ2v) is 11.7. The van der Waals surface area contributed by atoms with E-state index in [9.17, 15) is 19.8 Å². The van der Waals surface area contributed by atoms with Crippen LogP contribution in [0.3, 0.4) is 0 Å². The van der Waals surface area contributed by atoms with Crippen LogP contribution in [0.15, 0.2) is 0 Å². The molecule has 3 aliphatic rings. The molecule has 9 nitrogen and oxygen atoms in total. The third kappa shape index (κ3) is 6.36. The molecule has 35 heavy (non-hydrogen) atoms. The van der Waals surface area contributed by atoms with Gasteiger partial charge in [0.2, 0.25) is 11.8 Å². The van der Waals surface area contributed by atoms with E-state index in [1.54, 1.807) is 18.9 Å². The number of nitrogens with zero attached hydrogens (tertiary/aromatic N) is 2. The van der Waals surface area contributed by atoms with Crippen molar-refractivity contribution in [3.63, 3.8) is 0 Å². The Morgan fingerprint density at radius 3 is 2.46 bits per heavy atom. The van der Waals surface area contributed by atoms with Crippen molar-refractivity contribution < 1.29 is 29.3 Å². The first-order chi connectivity index (χ1) is 16.3. The zero-order valence-electron chi connectivity index (χ0n) is 22.6. The average Bonchev–Trinajstić information content (AvgIpc) is 2.78. The van der Waals surface area contributed by atoms with Crippen molar-refractivity contribution >= 4 is 11.8 Å². The molecule has 0 saturated carbocycles. The number of fused-ring (bicyclic) bond motifs is 2. The van der Waals surface area contributed by atoms with Crippen LogP contribution in [-0.4, -0.2) is 102 Å². The Morgan fingerprint density at radius 1 is 1.11 bits per heavy atom. The first kappa shape index (κ1) is 28.3. The van der Waals surface area contributed by atoms with Gasteiger partial charge in [0, 0.05) is 44.4 Å². The summed E-state index contributed by atoms with van der Waals surface area (Å²) in [6.45, 7) is 8.52. The molecule has 0 aromatic heterocycles. The maximum absolute atomic E-state index is 12.7. The van der Waals surface area contributed by atoms with Crippen LogP contribution in [0.2, 0.25) is 0 Å². The molecular formula is C26H47N3O6. The van der Waals surface area contributed by atoms with Crippen LogP contribution in [0.4, 0.5) is 0 Å². The number of nitrogens with one attached hydrogen (secondary N) is 1. The zero-order valence-corrected chi connectivity index (χ0v) is 22.6. The Morgan fingerprint density at radius 2 is 1.80 bits per heavy atom. The number of ether oxygens (including phenoxy) is 2. The number of hydrogen-bond donors (Lipinski definition) is 3. The molecule has 3 N–H and O–H groups in total. The predicted molar refractivity (Wildman–Crippen MR) is 132 cm³/mol. The number of carbonyl (C=O) groups excluding carboxylic acids is 2. The number of rotatable bonds is 1. The number of hydrogen-bond acceptors (Lipinski definition) is 7. The summed E-state index contributed by atoms with van der Waals surface area (Å²) in [6.07, 6.45) is 0.439. The van der Waals surface area contributed by atoms with E-state index in [1.165, 1.54) is 0 Å². The normalized spacial score (nSPS) is 44.6. The number of aliphatic hydroxyl groups excluding tert-OH is 1. The van der Waals surface area contributed by atoms with Gasteiger partial charge in [0.15, 0.2) is 6.29 Å². The van der Waals surface area contributed by atoms with Gasteiger partial charge in [-0.05, 0) is 52.6 Å². The van der Waals surface area contributed by atoms with Gasteiger partial charge in [-0.2, -0.15) is 0 Å². The van der Waals surface area contributed by atoms with Crippen molar-refractivity contribution in [3.8, 4) is 0 Å². The quantitative estimate of drug-likeness (QED) is 0.499. The second-order valence-electron chi connectivity index (χ2n) is 11.7. The predicted octanol–water partition coefficient (Wildman–Crippen LogP) is 1.22. The molecule has 0 unspecified atom stereocenters. The van der Waals surface area contributed by atoms with Crippen molar-refractivity contribution in [2.75, 3.05) is 34.2 Å². The molecule has 3 saturated heterocycles. The summed E-state index contributed by atoms with van der Waals surface area (Å²) in [7, 11) is 5.88. The minimum absolute atomic E-state index is 0.0145. The summed E-state index contributed by atoms with van der Waals surface area (Å²) in [5, 5.41) is 26.3. The smallest absolute Gasteiger partial charge is 0.225 e. The summed E-state index contributed by atoms with van der Waals surface area (Å²) >= 11 is 0. The molecule has 3 fully saturated rings. The Labute approximate surface area is 210 Å². The fraction of sp³-hybridized carbons (Fsp3) is 0.923. The van der Waals surface area contributed by atoms with E-state index < -0.39 is 35.9 Å². The molecule has 10 atom stereocenters. The van der Waals surface area contributed by atoms with Gasteiger partial charge < -0.3 is 34.8 Å². The Kier molecular flexibility index (Phi) is 9.24. The summed E-state index contributed by atoms with van der Waals surface area (Å²) < 4.78 is 12.7. The molecule has 0 aromatic rings. The van der Waals surface area contributed by atoms with Crippen molar-refractivity contribution in [1.29, 1.82) is 0 Å². The van der Waals surface area contributed by atoms with Gasteiger partial charge in [0.25, 0.3) is 0 Å². The molecule has 0 radical (unpaired) electrons. The van der Waals surface area contributed by atoms with E-state index in [0.29, 0.717) is 38.8 Å². The van der Waals surface area contributed by atoms with Gasteiger partial charge in [-0.15, -0.1) is 0 Å². The maximum atomic E-state index is 12.7. The van der Waals surface area contributed by atoms with Gasteiger partial charge in [0.05, 0.1) is 29.8 Å².